The van der Waals surface area contributed by atoms with Gasteiger partial charge in [-0.05, 0) is 25.7 Å². The van der Waals surface area contributed by atoms with Gasteiger partial charge in [-0.25, -0.2) is 0 Å². The average molecular weight is 383 g/mol. The molecule has 1 rings (SSSR count). The highest BCUT2D eigenvalue weighted by Crippen LogP contribution is 2.12. The Hall–Kier alpha value is -1.06. The number of likely N-dealkylation sites (tertiary alicyclic amines) is 1. The number of nitrogens with two attached hydrogens (primary N) is 1. The van der Waals surface area contributed by atoms with Crippen LogP contribution in [0.4, 0.5) is 0 Å². The van der Waals surface area contributed by atoms with E-state index in [1.54, 1.807) is 0 Å². The summed E-state index contributed by atoms with van der Waals surface area (Å²) in [5.41, 5.74) is 5.04. The van der Waals surface area contributed by atoms with Crippen molar-refractivity contribution in [1.29, 1.82) is 0 Å². The summed E-state index contributed by atoms with van der Waals surface area (Å²) in [6.45, 7) is 6.37. The topological polar surface area (TPSA) is 63.4 Å². The molecule has 0 spiro atoms. The Labute approximate surface area is 168 Å². The first kappa shape index (κ1) is 25.9. The molecule has 0 saturated carbocycles. The Morgan fingerprint density at radius 3 is 1.56 bits per heavy atom. The van der Waals surface area contributed by atoms with E-state index in [2.05, 4.69) is 13.8 Å². The van der Waals surface area contributed by atoms with Crippen molar-refractivity contribution in [2.75, 3.05) is 13.1 Å². The maximum atomic E-state index is 11.8. The van der Waals surface area contributed by atoms with Gasteiger partial charge in [-0.3, -0.25) is 9.59 Å². The molecule has 160 valence electrons. The molecule has 0 aliphatic carbocycles. The minimum absolute atomic E-state index is 0.242. The quantitative estimate of drug-likeness (QED) is 0.399. The molecule has 2 N–H and O–H groups in total. The van der Waals surface area contributed by atoms with E-state index in [1.165, 1.54) is 70.6 Å². The van der Waals surface area contributed by atoms with E-state index in [9.17, 15) is 9.59 Å². The molecular formula is C23H46N2O2. The van der Waals surface area contributed by atoms with Gasteiger partial charge >= 0.3 is 0 Å². The van der Waals surface area contributed by atoms with Crippen molar-refractivity contribution < 1.29 is 9.59 Å². The van der Waals surface area contributed by atoms with Gasteiger partial charge in [-0.15, -0.1) is 0 Å². The largest absolute Gasteiger partial charge is 0.370 e. The zero-order valence-electron chi connectivity index (χ0n) is 18.3. The predicted octanol–water partition coefficient (Wildman–Crippen LogP) is 5.97. The molecule has 0 radical (unpaired) electrons. The van der Waals surface area contributed by atoms with Crippen LogP contribution in [0.3, 0.4) is 0 Å². The van der Waals surface area contributed by atoms with Gasteiger partial charge in [-0.1, -0.05) is 84.5 Å². The Balaban J connectivity index is 0.000000541. The summed E-state index contributed by atoms with van der Waals surface area (Å²) in [6, 6.07) is 0. The van der Waals surface area contributed by atoms with Crippen LogP contribution in [0.5, 0.6) is 0 Å². The number of rotatable bonds is 13. The van der Waals surface area contributed by atoms with Gasteiger partial charge in [0.2, 0.25) is 11.8 Å². The Morgan fingerprint density at radius 1 is 0.667 bits per heavy atom. The molecule has 0 aromatic carbocycles. The fraction of sp³-hybridized carbons (Fsp3) is 0.913. The molecule has 1 fully saturated rings. The van der Waals surface area contributed by atoms with Crippen LogP contribution in [0, 0.1) is 0 Å². The molecule has 0 aromatic heterocycles. The first-order chi connectivity index (χ1) is 13.1. The van der Waals surface area contributed by atoms with Crippen LogP contribution in [0.25, 0.3) is 0 Å². The lowest BCUT2D eigenvalue weighted by atomic mass is 10.1. The number of carbonyl (C=O) groups is 2. The molecule has 4 nitrogen and oxygen atoms in total. The van der Waals surface area contributed by atoms with Gasteiger partial charge in [0.05, 0.1) is 0 Å². The smallest absolute Gasteiger partial charge is 0.222 e. The fourth-order valence-electron chi connectivity index (χ4n) is 3.44. The van der Waals surface area contributed by atoms with E-state index in [1.807, 2.05) is 4.90 Å². The standard InChI is InChI=1S/C12H22N2O2.C11H24/c13-11(15)7-3-4-8-12(16)14-9-5-1-2-6-10-14;1-3-5-7-9-11-10-8-6-4-2/h1-10H2,(H2,13,15);3-11H2,1-2H3. The van der Waals surface area contributed by atoms with Crippen molar-refractivity contribution in [2.24, 2.45) is 5.73 Å². The van der Waals surface area contributed by atoms with Gasteiger partial charge in [0.1, 0.15) is 0 Å². The van der Waals surface area contributed by atoms with Crippen molar-refractivity contribution in [2.45, 2.75) is 123 Å². The van der Waals surface area contributed by atoms with Crippen LogP contribution in [0.1, 0.15) is 123 Å². The summed E-state index contributed by atoms with van der Waals surface area (Å²) in [6.07, 6.45) is 20.2. The lowest BCUT2D eigenvalue weighted by molar-refractivity contribution is -0.131. The number of nitrogens with zero attached hydrogens (tertiary/aromatic N) is 1. The van der Waals surface area contributed by atoms with Gasteiger partial charge in [0.15, 0.2) is 0 Å². The van der Waals surface area contributed by atoms with Crippen LogP contribution in [0.2, 0.25) is 0 Å². The Morgan fingerprint density at radius 2 is 1.11 bits per heavy atom. The second-order valence-corrected chi connectivity index (χ2v) is 7.94. The van der Waals surface area contributed by atoms with Crippen molar-refractivity contribution in [3.8, 4) is 0 Å². The highest BCUT2D eigenvalue weighted by atomic mass is 16.2. The van der Waals surface area contributed by atoms with Crippen molar-refractivity contribution in [1.82, 2.24) is 4.90 Å². The van der Waals surface area contributed by atoms with E-state index in [0.29, 0.717) is 12.8 Å². The zero-order valence-corrected chi connectivity index (χ0v) is 18.3. The lowest BCUT2D eigenvalue weighted by Crippen LogP contribution is -2.31. The van der Waals surface area contributed by atoms with Crippen molar-refractivity contribution in [3.05, 3.63) is 0 Å². The van der Waals surface area contributed by atoms with E-state index >= 15 is 0 Å². The Kier molecular flexibility index (Phi) is 18.9. The van der Waals surface area contributed by atoms with Crippen molar-refractivity contribution in [3.63, 3.8) is 0 Å². The number of unbranched alkanes of at least 4 members (excludes halogenated alkanes) is 9. The normalized spacial score (nSPS) is 14.2. The minimum atomic E-state index is -0.276. The molecule has 1 aliphatic rings. The third-order valence-corrected chi connectivity index (χ3v) is 5.23. The molecule has 1 heterocycles. The van der Waals surface area contributed by atoms with Gasteiger partial charge in [0, 0.05) is 25.9 Å². The van der Waals surface area contributed by atoms with Crippen molar-refractivity contribution >= 4 is 11.8 Å². The first-order valence-electron chi connectivity index (χ1n) is 11.7. The third-order valence-electron chi connectivity index (χ3n) is 5.23. The van der Waals surface area contributed by atoms with E-state index in [4.69, 9.17) is 5.73 Å². The summed E-state index contributed by atoms with van der Waals surface area (Å²) in [7, 11) is 0. The predicted molar refractivity (Wildman–Crippen MR) is 116 cm³/mol. The minimum Gasteiger partial charge on any atom is -0.370 e. The SMILES string of the molecule is CCCCCCCCCCC.NC(=O)CCCCC(=O)N1CCCCCC1. The molecule has 0 unspecified atom stereocenters. The van der Waals surface area contributed by atoms with Crippen LogP contribution < -0.4 is 5.73 Å². The Bertz CT molecular complexity index is 342. The maximum absolute atomic E-state index is 11.8. The molecule has 0 aromatic rings. The molecule has 1 aliphatic heterocycles. The van der Waals surface area contributed by atoms with E-state index in [-0.39, 0.29) is 11.8 Å². The van der Waals surface area contributed by atoms with E-state index in [0.717, 1.165) is 38.8 Å². The summed E-state index contributed by atoms with van der Waals surface area (Å²) in [5.74, 6) is -0.0337. The second-order valence-electron chi connectivity index (χ2n) is 7.94. The number of hydrogen-bond acceptors (Lipinski definition) is 2. The summed E-state index contributed by atoms with van der Waals surface area (Å²) in [4.78, 5) is 24.3. The maximum Gasteiger partial charge on any atom is 0.222 e. The third kappa shape index (κ3) is 18.1. The highest BCUT2D eigenvalue weighted by Gasteiger charge is 2.14. The van der Waals surface area contributed by atoms with Crippen LogP contribution >= 0.6 is 0 Å². The molecule has 4 heteroatoms. The number of carbonyl (C=O) groups excluding carboxylic acids is 2. The van der Waals surface area contributed by atoms with Crippen LogP contribution in [-0.4, -0.2) is 29.8 Å². The second kappa shape index (κ2) is 19.7. The summed E-state index contributed by atoms with van der Waals surface area (Å²) < 4.78 is 0. The van der Waals surface area contributed by atoms with Gasteiger partial charge < -0.3 is 10.6 Å². The van der Waals surface area contributed by atoms with Gasteiger partial charge in [-0.2, -0.15) is 0 Å². The van der Waals surface area contributed by atoms with E-state index < -0.39 is 0 Å². The van der Waals surface area contributed by atoms with Crippen LogP contribution in [-0.2, 0) is 9.59 Å². The average Bonchev–Trinajstić information content (AvgIpc) is 2.94. The summed E-state index contributed by atoms with van der Waals surface area (Å²) in [5, 5.41) is 0. The summed E-state index contributed by atoms with van der Waals surface area (Å²) >= 11 is 0. The monoisotopic (exact) mass is 382 g/mol. The molecule has 0 atom stereocenters. The molecular weight excluding hydrogens is 336 g/mol. The molecule has 0 bridgehead atoms. The molecule has 1 saturated heterocycles. The van der Waals surface area contributed by atoms with Gasteiger partial charge in [0.25, 0.3) is 0 Å². The number of hydrogen-bond donors (Lipinski definition) is 1. The lowest BCUT2D eigenvalue weighted by Gasteiger charge is -2.20. The highest BCUT2D eigenvalue weighted by molar-refractivity contribution is 5.76. The number of primary amides is 1. The zero-order chi connectivity index (χ0) is 20.2. The molecule has 2 amide bonds. The van der Waals surface area contributed by atoms with Crippen LogP contribution in [0.15, 0.2) is 0 Å². The molecule has 27 heavy (non-hydrogen) atoms. The fourth-order valence-corrected chi connectivity index (χ4v) is 3.44. The number of amides is 2. The first-order valence-corrected chi connectivity index (χ1v) is 11.7.